The molecule has 2 amide bonds. The van der Waals surface area contributed by atoms with Gasteiger partial charge in [-0.15, -0.1) is 0 Å². The number of carbonyl (C=O) groups is 2. The first-order valence-electron chi connectivity index (χ1n) is 9.52. The van der Waals surface area contributed by atoms with Gasteiger partial charge in [-0.25, -0.2) is 4.79 Å². The van der Waals surface area contributed by atoms with E-state index < -0.39 is 0 Å². The molecule has 1 aromatic rings. The Morgan fingerprint density at radius 3 is 2.75 bits per heavy atom. The summed E-state index contributed by atoms with van der Waals surface area (Å²) in [7, 11) is 0. The number of nitriles is 1. The second-order valence-electron chi connectivity index (χ2n) is 7.26. The third-order valence-electron chi connectivity index (χ3n) is 4.42. The molecule has 1 fully saturated rings. The summed E-state index contributed by atoms with van der Waals surface area (Å²) in [6.07, 6.45) is 0.935. The van der Waals surface area contributed by atoms with E-state index in [0.717, 1.165) is 13.0 Å². The highest BCUT2D eigenvalue weighted by molar-refractivity contribution is 6.32. The molecule has 1 heterocycles. The number of amides is 2. The van der Waals surface area contributed by atoms with Crippen LogP contribution in [0.25, 0.3) is 0 Å². The van der Waals surface area contributed by atoms with E-state index >= 15 is 0 Å². The highest BCUT2D eigenvalue weighted by Gasteiger charge is 2.20. The van der Waals surface area contributed by atoms with Crippen LogP contribution in [0.5, 0.6) is 0 Å². The maximum Gasteiger partial charge on any atom is 0.409 e. The minimum atomic E-state index is -0.258. The lowest BCUT2D eigenvalue weighted by molar-refractivity contribution is -0.116. The fourth-order valence-corrected chi connectivity index (χ4v) is 3.10. The van der Waals surface area contributed by atoms with Crippen LogP contribution in [-0.4, -0.2) is 61.1 Å². The number of anilines is 1. The molecule has 7 nitrogen and oxygen atoms in total. The van der Waals surface area contributed by atoms with Crippen molar-refractivity contribution >= 4 is 29.3 Å². The molecular formula is C20H27ClN4O3. The highest BCUT2D eigenvalue weighted by atomic mass is 35.5. The van der Waals surface area contributed by atoms with Gasteiger partial charge in [0, 0.05) is 38.3 Å². The number of hydrogen-bond donors (Lipinski definition) is 1. The third kappa shape index (κ3) is 7.02. The second-order valence-corrected chi connectivity index (χ2v) is 7.66. The van der Waals surface area contributed by atoms with Crippen molar-refractivity contribution in [1.82, 2.24) is 9.80 Å². The zero-order chi connectivity index (χ0) is 20.5. The monoisotopic (exact) mass is 406 g/mol. The van der Waals surface area contributed by atoms with Crippen LogP contribution in [0.15, 0.2) is 18.2 Å². The average molecular weight is 407 g/mol. The Balaban J connectivity index is 1.75. The SMILES string of the molecule is CC(C)COC(=O)N1CCCN(CCC(=O)Nc2ccc(C#N)c(Cl)c2)CC1. The Bertz CT molecular complexity index is 733. The number of rotatable bonds is 6. The maximum atomic E-state index is 12.2. The van der Waals surface area contributed by atoms with E-state index in [0.29, 0.717) is 61.4 Å². The Morgan fingerprint density at radius 1 is 1.29 bits per heavy atom. The van der Waals surface area contributed by atoms with Crippen LogP contribution in [0, 0.1) is 17.2 Å². The fraction of sp³-hybridized carbons (Fsp3) is 0.550. The van der Waals surface area contributed by atoms with Crippen molar-refractivity contribution in [2.75, 3.05) is 44.6 Å². The van der Waals surface area contributed by atoms with Gasteiger partial charge in [0.1, 0.15) is 6.07 Å². The van der Waals surface area contributed by atoms with Crippen molar-refractivity contribution in [3.8, 4) is 6.07 Å². The summed E-state index contributed by atoms with van der Waals surface area (Å²) in [5.41, 5.74) is 0.949. The number of hydrogen-bond acceptors (Lipinski definition) is 5. The lowest BCUT2D eigenvalue weighted by Crippen LogP contribution is -2.36. The van der Waals surface area contributed by atoms with Crippen molar-refractivity contribution in [3.05, 3.63) is 28.8 Å². The second kappa shape index (κ2) is 10.9. The van der Waals surface area contributed by atoms with Crippen LogP contribution in [0.2, 0.25) is 5.02 Å². The Kier molecular flexibility index (Phi) is 8.55. The predicted octanol–water partition coefficient (Wildman–Crippen LogP) is 3.34. The Morgan fingerprint density at radius 2 is 2.07 bits per heavy atom. The number of halogens is 1. The molecule has 1 aliphatic heterocycles. The summed E-state index contributed by atoms with van der Waals surface area (Å²) < 4.78 is 5.30. The average Bonchev–Trinajstić information content (AvgIpc) is 2.90. The zero-order valence-corrected chi connectivity index (χ0v) is 17.2. The molecule has 8 heteroatoms. The smallest absolute Gasteiger partial charge is 0.409 e. The molecule has 1 N–H and O–H groups in total. The van der Waals surface area contributed by atoms with Gasteiger partial charge in [0.05, 0.1) is 17.2 Å². The van der Waals surface area contributed by atoms with Crippen LogP contribution in [-0.2, 0) is 9.53 Å². The lowest BCUT2D eigenvalue weighted by Gasteiger charge is -2.22. The minimum Gasteiger partial charge on any atom is -0.449 e. The zero-order valence-electron chi connectivity index (χ0n) is 16.4. The topological polar surface area (TPSA) is 85.7 Å². The van der Waals surface area contributed by atoms with E-state index in [1.165, 1.54) is 0 Å². The van der Waals surface area contributed by atoms with E-state index in [9.17, 15) is 9.59 Å². The van der Waals surface area contributed by atoms with Crippen LogP contribution < -0.4 is 5.32 Å². The molecule has 28 heavy (non-hydrogen) atoms. The molecule has 0 atom stereocenters. The fourth-order valence-electron chi connectivity index (χ4n) is 2.87. The van der Waals surface area contributed by atoms with Gasteiger partial charge < -0.3 is 19.9 Å². The molecule has 0 spiro atoms. The Labute approximate surface area is 171 Å². The van der Waals surface area contributed by atoms with Gasteiger partial charge >= 0.3 is 6.09 Å². The molecule has 1 aliphatic rings. The lowest BCUT2D eigenvalue weighted by atomic mass is 10.2. The summed E-state index contributed by atoms with van der Waals surface area (Å²) in [6, 6.07) is 6.81. The molecule has 0 aliphatic carbocycles. The summed E-state index contributed by atoms with van der Waals surface area (Å²) in [5.74, 6) is 0.204. The van der Waals surface area contributed by atoms with E-state index in [1.54, 1.807) is 23.1 Å². The third-order valence-corrected chi connectivity index (χ3v) is 4.73. The minimum absolute atomic E-state index is 0.113. The summed E-state index contributed by atoms with van der Waals surface area (Å²) in [4.78, 5) is 28.2. The summed E-state index contributed by atoms with van der Waals surface area (Å²) >= 11 is 5.98. The Hall–Kier alpha value is -2.30. The molecular weight excluding hydrogens is 380 g/mol. The molecule has 2 rings (SSSR count). The molecule has 0 saturated carbocycles. The van der Waals surface area contributed by atoms with Gasteiger partial charge in [0.25, 0.3) is 0 Å². The molecule has 1 aromatic carbocycles. The molecule has 1 saturated heterocycles. The van der Waals surface area contributed by atoms with Crippen LogP contribution in [0.4, 0.5) is 10.5 Å². The van der Waals surface area contributed by atoms with Crippen molar-refractivity contribution in [3.63, 3.8) is 0 Å². The summed E-state index contributed by atoms with van der Waals surface area (Å²) in [5, 5.41) is 12.0. The van der Waals surface area contributed by atoms with Crippen LogP contribution in [0.1, 0.15) is 32.3 Å². The highest BCUT2D eigenvalue weighted by Crippen LogP contribution is 2.20. The van der Waals surface area contributed by atoms with Gasteiger partial charge in [0.15, 0.2) is 0 Å². The van der Waals surface area contributed by atoms with Crippen LogP contribution >= 0.6 is 11.6 Å². The maximum absolute atomic E-state index is 12.2. The molecule has 0 radical (unpaired) electrons. The van der Waals surface area contributed by atoms with Crippen molar-refractivity contribution < 1.29 is 14.3 Å². The van der Waals surface area contributed by atoms with Crippen molar-refractivity contribution in [1.29, 1.82) is 5.26 Å². The number of nitrogens with zero attached hydrogens (tertiary/aromatic N) is 3. The number of carbonyl (C=O) groups excluding carboxylic acids is 2. The van der Waals surface area contributed by atoms with E-state index in [4.69, 9.17) is 21.6 Å². The van der Waals surface area contributed by atoms with E-state index in [1.807, 2.05) is 19.9 Å². The molecule has 0 bridgehead atoms. The van der Waals surface area contributed by atoms with Crippen molar-refractivity contribution in [2.24, 2.45) is 5.92 Å². The van der Waals surface area contributed by atoms with Gasteiger partial charge in [-0.1, -0.05) is 25.4 Å². The standard InChI is InChI=1S/C20H27ClN4O3/c1-15(2)14-28-20(27)25-8-3-7-24(10-11-25)9-6-19(26)23-17-5-4-16(13-22)18(21)12-17/h4-5,12,15H,3,6-11,14H2,1-2H3,(H,23,26). The van der Waals surface area contributed by atoms with Gasteiger partial charge in [0.2, 0.25) is 5.91 Å². The molecule has 0 aromatic heterocycles. The van der Waals surface area contributed by atoms with Gasteiger partial charge in [-0.05, 0) is 37.1 Å². The summed E-state index contributed by atoms with van der Waals surface area (Å²) in [6.45, 7) is 7.88. The molecule has 152 valence electrons. The molecule has 0 unspecified atom stereocenters. The van der Waals surface area contributed by atoms with Crippen LogP contribution in [0.3, 0.4) is 0 Å². The first-order valence-corrected chi connectivity index (χ1v) is 9.90. The number of benzene rings is 1. The number of ether oxygens (including phenoxy) is 1. The van der Waals surface area contributed by atoms with E-state index in [-0.39, 0.29) is 12.0 Å². The first kappa shape index (κ1) is 22.0. The quantitative estimate of drug-likeness (QED) is 0.783. The van der Waals surface area contributed by atoms with Crippen molar-refractivity contribution in [2.45, 2.75) is 26.7 Å². The van der Waals surface area contributed by atoms with E-state index in [2.05, 4.69) is 10.2 Å². The first-order chi connectivity index (χ1) is 13.4. The largest absolute Gasteiger partial charge is 0.449 e. The predicted molar refractivity (Wildman–Crippen MR) is 108 cm³/mol. The normalized spacial score (nSPS) is 15.0. The number of nitrogens with one attached hydrogen (secondary N) is 1. The van der Waals surface area contributed by atoms with Gasteiger partial charge in [-0.3, -0.25) is 4.79 Å². The van der Waals surface area contributed by atoms with Gasteiger partial charge in [-0.2, -0.15) is 5.26 Å².